The number of ether oxygens (including phenoxy) is 2. The van der Waals surface area contributed by atoms with E-state index >= 15 is 0 Å². The van der Waals surface area contributed by atoms with E-state index in [1.165, 1.54) is 4.90 Å². The Morgan fingerprint density at radius 2 is 1.86 bits per heavy atom. The number of methoxy groups -OCH3 is 2. The fourth-order valence-electron chi connectivity index (χ4n) is 2.36. The number of rotatable bonds is 5. The maximum absolute atomic E-state index is 12.3. The third-order valence-corrected chi connectivity index (χ3v) is 4.23. The van der Waals surface area contributed by atoms with Crippen LogP contribution in [0.25, 0.3) is 0 Å². The Morgan fingerprint density at radius 3 is 2.36 bits per heavy atom. The number of amides is 3. The highest BCUT2D eigenvalue weighted by molar-refractivity contribution is 9.10. The van der Waals surface area contributed by atoms with Gasteiger partial charge in [0.05, 0.1) is 25.2 Å². The number of nitrogens with one attached hydrogen (secondary N) is 1. The number of imide groups is 1. The summed E-state index contributed by atoms with van der Waals surface area (Å²) in [5.74, 6) is 1.02. The van der Waals surface area contributed by atoms with Gasteiger partial charge in [0, 0.05) is 5.56 Å². The molecular weight excluding hydrogens is 352 g/mol. The highest BCUT2D eigenvalue weighted by Gasteiger charge is 2.39. The van der Waals surface area contributed by atoms with Crippen molar-refractivity contribution in [2.75, 3.05) is 14.2 Å². The predicted molar refractivity (Wildman–Crippen MR) is 85.0 cm³/mol. The van der Waals surface area contributed by atoms with E-state index in [-0.39, 0.29) is 24.4 Å². The van der Waals surface area contributed by atoms with E-state index in [4.69, 9.17) is 9.47 Å². The summed E-state index contributed by atoms with van der Waals surface area (Å²) in [6, 6.07) is 2.65. The third-order valence-electron chi connectivity index (χ3n) is 3.61. The van der Waals surface area contributed by atoms with Crippen LogP contribution >= 0.6 is 15.9 Å². The first-order valence-electron chi connectivity index (χ1n) is 6.91. The molecule has 1 N–H and O–H groups in total. The second-order valence-electron chi connectivity index (χ2n) is 5.39. The topological polar surface area (TPSA) is 67.9 Å². The van der Waals surface area contributed by atoms with Gasteiger partial charge in [-0.1, -0.05) is 13.8 Å². The molecule has 0 aliphatic carbocycles. The lowest BCUT2D eigenvalue weighted by Gasteiger charge is -2.17. The van der Waals surface area contributed by atoms with Gasteiger partial charge in [-0.15, -0.1) is 0 Å². The molecule has 1 aliphatic heterocycles. The van der Waals surface area contributed by atoms with Gasteiger partial charge in [0.15, 0.2) is 0 Å². The van der Waals surface area contributed by atoms with Gasteiger partial charge in [-0.05, 0) is 34.0 Å². The fourth-order valence-corrected chi connectivity index (χ4v) is 2.84. The molecule has 1 aromatic carbocycles. The van der Waals surface area contributed by atoms with E-state index in [2.05, 4.69) is 21.2 Å². The van der Waals surface area contributed by atoms with Crippen molar-refractivity contribution in [3.8, 4) is 11.5 Å². The van der Waals surface area contributed by atoms with E-state index in [9.17, 15) is 9.59 Å². The lowest BCUT2D eigenvalue weighted by Crippen LogP contribution is -2.34. The summed E-state index contributed by atoms with van der Waals surface area (Å²) in [6.07, 6.45) is 0. The van der Waals surface area contributed by atoms with Gasteiger partial charge in [0.1, 0.15) is 17.5 Å². The SMILES string of the molecule is COc1cc(CN2C(=O)NC(C(C)C)C2=O)c(OC)cc1Br. The number of halogens is 1. The predicted octanol–water partition coefficient (Wildman–Crippen LogP) is 2.54. The minimum atomic E-state index is -0.476. The molecule has 22 heavy (non-hydrogen) atoms. The van der Waals surface area contributed by atoms with Crippen molar-refractivity contribution in [3.05, 3.63) is 22.2 Å². The lowest BCUT2D eigenvalue weighted by atomic mass is 10.0. The minimum absolute atomic E-state index is 0.0443. The molecule has 1 heterocycles. The molecule has 0 radical (unpaired) electrons. The molecular formula is C15H19BrN2O4. The van der Waals surface area contributed by atoms with Crippen molar-refractivity contribution >= 4 is 27.9 Å². The first-order valence-corrected chi connectivity index (χ1v) is 7.70. The van der Waals surface area contributed by atoms with Crippen LogP contribution in [0.5, 0.6) is 11.5 Å². The molecule has 1 unspecified atom stereocenters. The molecule has 3 amide bonds. The Hall–Kier alpha value is -1.76. The molecule has 0 bridgehead atoms. The van der Waals surface area contributed by atoms with E-state index in [1.807, 2.05) is 13.8 Å². The molecule has 1 saturated heterocycles. The second kappa shape index (κ2) is 6.56. The van der Waals surface area contributed by atoms with Crippen LogP contribution in [-0.2, 0) is 11.3 Å². The summed E-state index contributed by atoms with van der Waals surface area (Å²) < 4.78 is 11.3. The Balaban J connectivity index is 2.30. The Bertz CT molecular complexity index is 603. The smallest absolute Gasteiger partial charge is 0.325 e. The second-order valence-corrected chi connectivity index (χ2v) is 6.25. The Labute approximate surface area is 137 Å². The van der Waals surface area contributed by atoms with E-state index < -0.39 is 6.04 Å². The molecule has 1 aromatic rings. The largest absolute Gasteiger partial charge is 0.496 e. The van der Waals surface area contributed by atoms with E-state index in [1.54, 1.807) is 26.4 Å². The van der Waals surface area contributed by atoms with E-state index in [0.29, 0.717) is 17.1 Å². The number of carbonyl (C=O) groups is 2. The zero-order chi connectivity index (χ0) is 16.4. The number of hydrogen-bond donors (Lipinski definition) is 1. The first kappa shape index (κ1) is 16.6. The van der Waals surface area contributed by atoms with Crippen LogP contribution in [0.4, 0.5) is 4.79 Å². The number of nitrogens with zero attached hydrogens (tertiary/aromatic N) is 1. The van der Waals surface area contributed by atoms with Crippen LogP contribution in [0, 0.1) is 5.92 Å². The molecule has 1 fully saturated rings. The maximum atomic E-state index is 12.3. The van der Waals surface area contributed by atoms with Crippen LogP contribution < -0.4 is 14.8 Å². The normalized spacial score (nSPS) is 17.9. The zero-order valence-electron chi connectivity index (χ0n) is 13.0. The first-order chi connectivity index (χ1) is 10.4. The average Bonchev–Trinajstić information content (AvgIpc) is 2.76. The summed E-state index contributed by atoms with van der Waals surface area (Å²) in [7, 11) is 3.10. The number of carbonyl (C=O) groups excluding carboxylic acids is 2. The molecule has 2 rings (SSSR count). The monoisotopic (exact) mass is 370 g/mol. The molecule has 6 nitrogen and oxygen atoms in total. The van der Waals surface area contributed by atoms with E-state index in [0.717, 1.165) is 4.47 Å². The molecule has 7 heteroatoms. The number of benzene rings is 1. The third kappa shape index (κ3) is 3.04. The molecule has 0 spiro atoms. The lowest BCUT2D eigenvalue weighted by molar-refractivity contribution is -0.128. The quantitative estimate of drug-likeness (QED) is 0.808. The molecule has 1 atom stereocenters. The van der Waals surface area contributed by atoms with Crippen LogP contribution in [0.1, 0.15) is 19.4 Å². The summed E-state index contributed by atoms with van der Waals surface area (Å²) >= 11 is 3.38. The maximum Gasteiger partial charge on any atom is 0.325 e. The Morgan fingerprint density at radius 1 is 1.23 bits per heavy atom. The molecule has 1 aliphatic rings. The van der Waals surface area contributed by atoms with Crippen LogP contribution in [0.15, 0.2) is 16.6 Å². The van der Waals surface area contributed by atoms with Crippen LogP contribution in [0.3, 0.4) is 0 Å². The molecule has 0 aromatic heterocycles. The average molecular weight is 371 g/mol. The summed E-state index contributed by atoms with van der Waals surface area (Å²) in [4.78, 5) is 25.6. The van der Waals surface area contributed by atoms with Gasteiger partial charge in [0.25, 0.3) is 5.91 Å². The Kier molecular flexibility index (Phi) is 4.95. The number of hydrogen-bond acceptors (Lipinski definition) is 4. The standard InChI is InChI=1S/C15H19BrN2O4/c1-8(2)13-14(19)18(15(20)17-13)7-9-5-12(22-4)10(16)6-11(9)21-3/h5-6,8,13H,7H2,1-4H3,(H,17,20). The van der Waals surface area contributed by atoms with Crippen molar-refractivity contribution in [2.45, 2.75) is 26.4 Å². The van der Waals surface area contributed by atoms with Gasteiger partial charge in [0.2, 0.25) is 0 Å². The summed E-state index contributed by atoms with van der Waals surface area (Å²) in [5.41, 5.74) is 0.704. The molecule has 120 valence electrons. The van der Waals surface area contributed by atoms with Gasteiger partial charge in [-0.2, -0.15) is 0 Å². The van der Waals surface area contributed by atoms with Gasteiger partial charge in [-0.3, -0.25) is 9.69 Å². The van der Waals surface area contributed by atoms with Gasteiger partial charge in [-0.25, -0.2) is 4.79 Å². The minimum Gasteiger partial charge on any atom is -0.496 e. The summed E-state index contributed by atoms with van der Waals surface area (Å²) in [6.45, 7) is 3.94. The van der Waals surface area contributed by atoms with Crippen LogP contribution in [-0.4, -0.2) is 37.1 Å². The zero-order valence-corrected chi connectivity index (χ0v) is 14.6. The summed E-state index contributed by atoms with van der Waals surface area (Å²) in [5, 5.41) is 2.71. The van der Waals surface area contributed by atoms with Gasteiger partial charge >= 0.3 is 6.03 Å². The number of urea groups is 1. The van der Waals surface area contributed by atoms with Crippen molar-refractivity contribution in [1.82, 2.24) is 10.2 Å². The highest BCUT2D eigenvalue weighted by atomic mass is 79.9. The van der Waals surface area contributed by atoms with Crippen LogP contribution in [0.2, 0.25) is 0 Å². The van der Waals surface area contributed by atoms with Crippen molar-refractivity contribution in [2.24, 2.45) is 5.92 Å². The van der Waals surface area contributed by atoms with Crippen molar-refractivity contribution in [3.63, 3.8) is 0 Å². The van der Waals surface area contributed by atoms with Crippen molar-refractivity contribution in [1.29, 1.82) is 0 Å². The van der Waals surface area contributed by atoms with Gasteiger partial charge < -0.3 is 14.8 Å². The van der Waals surface area contributed by atoms with Crippen molar-refractivity contribution < 1.29 is 19.1 Å². The molecule has 0 saturated carbocycles. The highest BCUT2D eigenvalue weighted by Crippen LogP contribution is 2.34. The fraction of sp³-hybridized carbons (Fsp3) is 0.467.